The third-order valence-electron chi connectivity index (χ3n) is 7.44. The Morgan fingerprint density at radius 2 is 1.81 bits per heavy atom. The van der Waals surface area contributed by atoms with E-state index in [1.165, 1.54) is 19.4 Å². The molecule has 1 amide bonds. The number of hydrogen-bond donors (Lipinski definition) is 1. The summed E-state index contributed by atoms with van der Waals surface area (Å²) >= 11 is 6.82. The maximum atomic E-state index is 13.1. The molecule has 1 saturated carbocycles. The molecule has 1 aromatic carbocycles. The Bertz CT molecular complexity index is 1070. The Kier molecular flexibility index (Phi) is 8.62. The average molecular weight is 538 g/mol. The first kappa shape index (κ1) is 27.2. The number of methoxy groups -OCH3 is 1. The predicted octanol–water partition coefficient (Wildman–Crippen LogP) is 5.24. The number of aromatic nitrogens is 1. The zero-order valence-corrected chi connectivity index (χ0v) is 21.4. The van der Waals surface area contributed by atoms with Gasteiger partial charge in [-0.1, -0.05) is 18.6 Å². The van der Waals surface area contributed by atoms with Crippen molar-refractivity contribution in [1.29, 1.82) is 0 Å². The van der Waals surface area contributed by atoms with Gasteiger partial charge < -0.3 is 15.0 Å². The molecule has 2 heterocycles. The van der Waals surface area contributed by atoms with Gasteiger partial charge in [-0.15, -0.1) is 11.6 Å². The summed E-state index contributed by atoms with van der Waals surface area (Å²) in [7, 11) is 1.35. The van der Waals surface area contributed by atoms with Gasteiger partial charge in [0.25, 0.3) is 0 Å². The molecule has 37 heavy (non-hydrogen) atoms. The van der Waals surface area contributed by atoms with Crippen molar-refractivity contribution >= 4 is 29.2 Å². The number of halogens is 4. The number of rotatable bonds is 7. The van der Waals surface area contributed by atoms with Crippen LogP contribution in [0.15, 0.2) is 42.6 Å². The zero-order valence-electron chi connectivity index (χ0n) is 20.6. The number of carbonyl (C=O) groups is 2. The van der Waals surface area contributed by atoms with Crippen molar-refractivity contribution in [2.75, 3.05) is 25.1 Å². The number of nitrogens with zero attached hydrogens (tertiary/aromatic N) is 2. The van der Waals surface area contributed by atoms with Gasteiger partial charge in [0.1, 0.15) is 5.69 Å². The van der Waals surface area contributed by atoms with Gasteiger partial charge in [-0.3, -0.25) is 4.79 Å². The number of anilines is 1. The molecule has 1 N–H and O–H groups in total. The van der Waals surface area contributed by atoms with Gasteiger partial charge in [-0.2, -0.15) is 13.2 Å². The van der Waals surface area contributed by atoms with E-state index in [0.29, 0.717) is 43.6 Å². The minimum Gasteiger partial charge on any atom is -0.465 e. The lowest BCUT2D eigenvalue weighted by atomic mass is 9.92. The Morgan fingerprint density at radius 3 is 2.41 bits per heavy atom. The van der Waals surface area contributed by atoms with Crippen molar-refractivity contribution in [3.8, 4) is 0 Å². The minimum atomic E-state index is -4.46. The summed E-state index contributed by atoms with van der Waals surface area (Å²) in [6.07, 6.45) is 1.51. The number of hydrogen-bond acceptors (Lipinski definition) is 5. The van der Waals surface area contributed by atoms with Crippen molar-refractivity contribution in [1.82, 2.24) is 10.3 Å². The SMILES string of the molecule is COC(=O)c1ccc(CC(Cl)[C@H]2CCCC2NC(=O)C2CCN(c3ccc(C(F)(F)F)nc3)CC2)cc1. The number of amides is 1. The zero-order chi connectivity index (χ0) is 26.6. The van der Waals surface area contributed by atoms with Crippen LogP contribution in [-0.2, 0) is 22.1 Å². The van der Waals surface area contributed by atoms with Crippen molar-refractivity contribution in [3.05, 3.63) is 59.4 Å². The van der Waals surface area contributed by atoms with E-state index in [1.54, 1.807) is 12.1 Å². The first-order chi connectivity index (χ1) is 17.7. The predicted molar refractivity (Wildman–Crippen MR) is 135 cm³/mol. The van der Waals surface area contributed by atoms with Crippen molar-refractivity contribution in [2.24, 2.45) is 11.8 Å². The van der Waals surface area contributed by atoms with E-state index < -0.39 is 11.9 Å². The summed E-state index contributed by atoms with van der Waals surface area (Å²) in [4.78, 5) is 30.2. The molecule has 4 rings (SSSR count). The molecule has 0 spiro atoms. The largest absolute Gasteiger partial charge is 0.465 e. The fraction of sp³-hybridized carbons (Fsp3) is 0.519. The molecule has 3 atom stereocenters. The van der Waals surface area contributed by atoms with Crippen molar-refractivity contribution in [3.63, 3.8) is 0 Å². The first-order valence-corrected chi connectivity index (χ1v) is 13.0. The van der Waals surface area contributed by atoms with Crippen molar-refractivity contribution in [2.45, 2.75) is 56.1 Å². The standard InChI is InChI=1S/C27H31ClF3N3O3/c1-37-26(36)19-7-5-17(6-8-19)15-22(28)21-3-2-4-23(21)33-25(35)18-11-13-34(14-12-18)20-9-10-24(32-16-20)27(29,30)31/h5-10,16,18,21-23H,2-4,11-15H2,1H3,(H,33,35)/t21-,22?,23?/m1/s1. The quantitative estimate of drug-likeness (QED) is 0.386. The summed E-state index contributed by atoms with van der Waals surface area (Å²) in [5, 5.41) is 3.09. The molecule has 0 radical (unpaired) electrons. The van der Waals surface area contributed by atoms with Crippen LogP contribution in [0.1, 0.15) is 53.7 Å². The molecule has 2 unspecified atom stereocenters. The number of piperidine rings is 1. The van der Waals surface area contributed by atoms with E-state index in [0.717, 1.165) is 30.9 Å². The number of benzene rings is 1. The molecule has 1 saturated heterocycles. The number of esters is 1. The molecule has 2 fully saturated rings. The minimum absolute atomic E-state index is 0.0153. The summed E-state index contributed by atoms with van der Waals surface area (Å²) < 4.78 is 43.0. The van der Waals surface area contributed by atoms with Crippen LogP contribution in [0.3, 0.4) is 0 Å². The van der Waals surface area contributed by atoms with Crippen LogP contribution >= 0.6 is 11.6 Å². The maximum Gasteiger partial charge on any atom is 0.433 e. The van der Waals surface area contributed by atoms with Gasteiger partial charge in [0.05, 0.1) is 24.6 Å². The van der Waals surface area contributed by atoms with E-state index in [9.17, 15) is 22.8 Å². The smallest absolute Gasteiger partial charge is 0.433 e. The highest BCUT2D eigenvalue weighted by molar-refractivity contribution is 6.21. The fourth-order valence-corrected chi connectivity index (χ4v) is 5.79. The Balaban J connectivity index is 1.27. The van der Waals surface area contributed by atoms with E-state index in [2.05, 4.69) is 10.3 Å². The summed E-state index contributed by atoms with van der Waals surface area (Å²) in [6, 6.07) is 9.65. The van der Waals surface area contributed by atoms with E-state index >= 15 is 0 Å². The molecule has 10 heteroatoms. The second kappa shape index (κ2) is 11.7. The topological polar surface area (TPSA) is 71.5 Å². The molecular formula is C27H31ClF3N3O3. The van der Waals surface area contributed by atoms with Crippen LogP contribution in [-0.4, -0.2) is 48.5 Å². The Labute approximate surface area is 219 Å². The van der Waals surface area contributed by atoms with Gasteiger partial charge >= 0.3 is 12.1 Å². The van der Waals surface area contributed by atoms with Crippen LogP contribution in [0.25, 0.3) is 0 Å². The lowest BCUT2D eigenvalue weighted by molar-refractivity contribution is -0.141. The molecular weight excluding hydrogens is 507 g/mol. The van der Waals surface area contributed by atoms with E-state index in [4.69, 9.17) is 16.3 Å². The number of nitrogens with one attached hydrogen (secondary N) is 1. The number of alkyl halides is 4. The molecule has 1 aromatic heterocycles. The van der Waals surface area contributed by atoms with Crippen LogP contribution < -0.4 is 10.2 Å². The summed E-state index contributed by atoms with van der Waals surface area (Å²) in [5.74, 6) is -0.341. The van der Waals surface area contributed by atoms with Gasteiger partial charge in [0, 0.05) is 30.4 Å². The van der Waals surface area contributed by atoms with E-state index in [1.807, 2.05) is 17.0 Å². The van der Waals surface area contributed by atoms with Crippen LogP contribution in [0.4, 0.5) is 18.9 Å². The van der Waals surface area contributed by atoms with Crippen LogP contribution in [0.5, 0.6) is 0 Å². The van der Waals surface area contributed by atoms with Gasteiger partial charge in [0.2, 0.25) is 5.91 Å². The monoisotopic (exact) mass is 537 g/mol. The van der Waals surface area contributed by atoms with E-state index in [-0.39, 0.29) is 35.1 Å². The third kappa shape index (κ3) is 6.74. The molecule has 1 aliphatic heterocycles. The first-order valence-electron chi connectivity index (χ1n) is 12.6. The number of carbonyl (C=O) groups excluding carboxylic acids is 2. The normalized spacial score (nSPS) is 21.5. The van der Waals surface area contributed by atoms with Gasteiger partial charge in [0.15, 0.2) is 0 Å². The Morgan fingerprint density at radius 1 is 1.11 bits per heavy atom. The average Bonchev–Trinajstić information content (AvgIpc) is 3.36. The van der Waals surface area contributed by atoms with Crippen LogP contribution in [0.2, 0.25) is 0 Å². The molecule has 200 valence electrons. The number of ether oxygens (including phenoxy) is 1. The molecule has 2 aromatic rings. The lowest BCUT2D eigenvalue weighted by Gasteiger charge is -2.34. The molecule has 0 bridgehead atoms. The second-order valence-electron chi connectivity index (χ2n) is 9.78. The molecule has 2 aliphatic rings. The molecule has 1 aliphatic carbocycles. The summed E-state index contributed by atoms with van der Waals surface area (Å²) in [6.45, 7) is 1.16. The highest BCUT2D eigenvalue weighted by Gasteiger charge is 2.36. The third-order valence-corrected chi connectivity index (χ3v) is 7.91. The number of pyridine rings is 1. The molecule has 6 nitrogen and oxygen atoms in total. The van der Waals surface area contributed by atoms with Crippen LogP contribution in [0, 0.1) is 11.8 Å². The highest BCUT2D eigenvalue weighted by Crippen LogP contribution is 2.34. The Hall–Kier alpha value is -2.81. The van der Waals surface area contributed by atoms with Gasteiger partial charge in [-0.05, 0) is 67.9 Å². The summed E-state index contributed by atoms with van der Waals surface area (Å²) in [5.41, 5.74) is 1.23. The van der Waals surface area contributed by atoms with Crippen molar-refractivity contribution < 1.29 is 27.5 Å². The lowest BCUT2D eigenvalue weighted by Crippen LogP contribution is -2.46. The second-order valence-corrected chi connectivity index (χ2v) is 10.3. The fourth-order valence-electron chi connectivity index (χ4n) is 5.31. The maximum absolute atomic E-state index is 13.1. The highest BCUT2D eigenvalue weighted by atomic mass is 35.5. The van der Waals surface area contributed by atoms with Gasteiger partial charge in [-0.25, -0.2) is 9.78 Å².